The molecule has 0 spiro atoms. The molecule has 0 atom stereocenters. The third-order valence-corrected chi connectivity index (χ3v) is 5.28. The summed E-state index contributed by atoms with van der Waals surface area (Å²) in [7, 11) is 1.36. The molecule has 0 amide bonds. The highest BCUT2D eigenvalue weighted by Crippen LogP contribution is 2.23. The number of rotatable bonds is 10. The zero-order valence-electron chi connectivity index (χ0n) is 18.7. The third kappa shape index (κ3) is 5.63. The Morgan fingerprint density at radius 1 is 0.647 bits per heavy atom. The lowest BCUT2D eigenvalue weighted by Gasteiger charge is -2.10. The molecule has 7 nitrogen and oxygen atoms in total. The monoisotopic (exact) mass is 460 g/mol. The van der Waals surface area contributed by atoms with Crippen LogP contribution in [0.4, 0.5) is 0 Å². The highest BCUT2D eigenvalue weighted by atomic mass is 16.5. The minimum absolute atomic E-state index is 0.258. The smallest absolute Gasteiger partial charge is 0.337 e. The first-order valence-electron chi connectivity index (χ1n) is 10.8. The van der Waals surface area contributed by atoms with E-state index in [0.717, 1.165) is 27.3 Å². The van der Waals surface area contributed by atoms with Crippen molar-refractivity contribution in [1.82, 2.24) is 0 Å². The van der Waals surface area contributed by atoms with Crippen molar-refractivity contribution in [3.63, 3.8) is 0 Å². The predicted molar refractivity (Wildman–Crippen MR) is 128 cm³/mol. The van der Waals surface area contributed by atoms with Crippen LogP contribution in [0.15, 0.2) is 72.8 Å². The van der Waals surface area contributed by atoms with Crippen molar-refractivity contribution in [3.05, 3.63) is 83.9 Å². The Bertz CT molecular complexity index is 1330. The average molecular weight is 460 g/mol. The maximum absolute atomic E-state index is 11.7. The van der Waals surface area contributed by atoms with Crippen LogP contribution < -0.4 is 9.47 Å². The molecule has 0 unspecified atom stereocenters. The van der Waals surface area contributed by atoms with Gasteiger partial charge in [-0.05, 0) is 70.1 Å². The van der Waals surface area contributed by atoms with Gasteiger partial charge < -0.3 is 24.1 Å². The summed E-state index contributed by atoms with van der Waals surface area (Å²) >= 11 is 0. The van der Waals surface area contributed by atoms with Gasteiger partial charge in [0, 0.05) is 0 Å². The number of carboxylic acids is 1. The van der Waals surface area contributed by atoms with Crippen LogP contribution in [0.2, 0.25) is 0 Å². The molecule has 0 heterocycles. The zero-order valence-corrected chi connectivity index (χ0v) is 18.7. The van der Waals surface area contributed by atoms with Gasteiger partial charge >= 0.3 is 11.9 Å². The van der Waals surface area contributed by atoms with E-state index in [9.17, 15) is 9.59 Å². The number of carboxylic acid groups (broad SMARTS) is 1. The fraction of sp³-hybridized carbons (Fsp3) is 0.185. The summed E-state index contributed by atoms with van der Waals surface area (Å²) in [5.41, 5.74) is 0.767. The molecule has 4 rings (SSSR count). The van der Waals surface area contributed by atoms with E-state index in [4.69, 9.17) is 24.1 Å². The van der Waals surface area contributed by atoms with Crippen molar-refractivity contribution in [1.29, 1.82) is 0 Å². The van der Waals surface area contributed by atoms with E-state index in [2.05, 4.69) is 0 Å². The number of methoxy groups -OCH3 is 1. The largest absolute Gasteiger partial charge is 0.491 e. The van der Waals surface area contributed by atoms with Crippen molar-refractivity contribution in [2.45, 2.75) is 0 Å². The maximum Gasteiger partial charge on any atom is 0.337 e. The number of fused-ring (bicyclic) bond motifs is 2. The molecule has 0 saturated heterocycles. The quantitative estimate of drug-likeness (QED) is 0.264. The van der Waals surface area contributed by atoms with Crippen molar-refractivity contribution < 1.29 is 33.6 Å². The maximum atomic E-state index is 11.7. The first-order chi connectivity index (χ1) is 16.5. The van der Waals surface area contributed by atoms with Crippen LogP contribution >= 0.6 is 0 Å². The molecule has 0 bridgehead atoms. The molecule has 34 heavy (non-hydrogen) atoms. The predicted octanol–water partition coefficient (Wildman–Crippen LogP) is 4.95. The van der Waals surface area contributed by atoms with E-state index >= 15 is 0 Å². The van der Waals surface area contributed by atoms with E-state index in [1.54, 1.807) is 30.3 Å². The molecular weight excluding hydrogens is 436 g/mol. The van der Waals surface area contributed by atoms with Crippen LogP contribution in [-0.4, -0.2) is 50.6 Å². The molecule has 0 fully saturated rings. The minimum Gasteiger partial charge on any atom is -0.491 e. The third-order valence-electron chi connectivity index (χ3n) is 5.28. The Hall–Kier alpha value is -4.10. The molecular formula is C27H24O7. The van der Waals surface area contributed by atoms with Gasteiger partial charge in [0.15, 0.2) is 0 Å². The second kappa shape index (κ2) is 10.7. The number of carbonyl (C=O) groups excluding carboxylic acids is 1. The van der Waals surface area contributed by atoms with Crippen molar-refractivity contribution in [2.24, 2.45) is 0 Å². The lowest BCUT2D eigenvalue weighted by molar-refractivity contribution is 0.0600. The van der Waals surface area contributed by atoms with Gasteiger partial charge in [-0.15, -0.1) is 0 Å². The Kier molecular flexibility index (Phi) is 7.25. The molecule has 0 aromatic heterocycles. The summed E-state index contributed by atoms with van der Waals surface area (Å²) in [6, 6.07) is 21.5. The van der Waals surface area contributed by atoms with Crippen molar-refractivity contribution >= 4 is 33.5 Å². The fourth-order valence-electron chi connectivity index (χ4n) is 3.54. The second-order valence-electron chi connectivity index (χ2n) is 7.55. The standard InChI is InChI=1S/C27H24O7/c1-31-27(30)23-5-3-21-17-25(9-7-19(21)15-23)34-13-11-32-10-12-33-24-8-6-18-14-22(26(28)29)4-2-20(18)16-24/h2-9,14-17H,10-13H2,1H3,(H,28,29). The first kappa shape index (κ1) is 23.1. The molecule has 0 aliphatic heterocycles. The number of esters is 1. The highest BCUT2D eigenvalue weighted by molar-refractivity contribution is 5.96. The van der Waals surface area contributed by atoms with Crippen molar-refractivity contribution in [3.8, 4) is 11.5 Å². The van der Waals surface area contributed by atoms with Crippen LogP contribution in [-0.2, 0) is 9.47 Å². The number of carbonyl (C=O) groups is 2. The lowest BCUT2D eigenvalue weighted by Crippen LogP contribution is -2.12. The van der Waals surface area contributed by atoms with Gasteiger partial charge in [-0.2, -0.15) is 0 Å². The molecule has 4 aromatic carbocycles. The lowest BCUT2D eigenvalue weighted by atomic mass is 10.1. The second-order valence-corrected chi connectivity index (χ2v) is 7.55. The van der Waals surface area contributed by atoms with Gasteiger partial charge in [-0.3, -0.25) is 0 Å². The summed E-state index contributed by atoms with van der Waals surface area (Å²) < 4.78 is 21.8. The van der Waals surface area contributed by atoms with E-state index < -0.39 is 5.97 Å². The summed E-state index contributed by atoms with van der Waals surface area (Å²) in [6.07, 6.45) is 0. The van der Waals surface area contributed by atoms with Crippen molar-refractivity contribution in [2.75, 3.05) is 33.5 Å². The Labute approximate surface area is 196 Å². The SMILES string of the molecule is COC(=O)c1ccc2cc(OCCOCCOc3ccc4cc(C(=O)O)ccc4c3)ccc2c1. The van der Waals surface area contributed by atoms with Crippen LogP contribution in [0.1, 0.15) is 20.7 Å². The Morgan fingerprint density at radius 2 is 1.12 bits per heavy atom. The molecule has 4 aromatic rings. The fourth-order valence-corrected chi connectivity index (χ4v) is 3.54. The minimum atomic E-state index is -0.946. The van der Waals surface area contributed by atoms with Gasteiger partial charge in [0.2, 0.25) is 0 Å². The summed E-state index contributed by atoms with van der Waals surface area (Å²) in [6.45, 7) is 1.61. The zero-order chi connectivity index (χ0) is 23.9. The van der Waals surface area contributed by atoms with Gasteiger partial charge in [0.1, 0.15) is 24.7 Å². The summed E-state index contributed by atoms with van der Waals surface area (Å²) in [5.74, 6) is 0.110. The van der Waals surface area contributed by atoms with Crippen LogP contribution in [0.3, 0.4) is 0 Å². The number of hydrogen-bond donors (Lipinski definition) is 1. The number of aromatic carboxylic acids is 1. The van der Waals surface area contributed by atoms with Gasteiger partial charge in [-0.25, -0.2) is 9.59 Å². The highest BCUT2D eigenvalue weighted by Gasteiger charge is 2.07. The number of hydrogen-bond acceptors (Lipinski definition) is 6. The molecule has 0 saturated carbocycles. The average Bonchev–Trinajstić information content (AvgIpc) is 2.86. The molecule has 0 aliphatic rings. The van der Waals surface area contributed by atoms with E-state index in [1.807, 2.05) is 42.5 Å². The normalized spacial score (nSPS) is 10.9. The van der Waals surface area contributed by atoms with Gasteiger partial charge in [0.05, 0.1) is 31.5 Å². The molecule has 0 radical (unpaired) electrons. The van der Waals surface area contributed by atoms with Crippen LogP contribution in [0, 0.1) is 0 Å². The number of benzene rings is 4. The van der Waals surface area contributed by atoms with Crippen LogP contribution in [0.5, 0.6) is 11.5 Å². The van der Waals surface area contributed by atoms with Gasteiger partial charge in [-0.1, -0.05) is 24.3 Å². The molecule has 174 valence electrons. The van der Waals surface area contributed by atoms with Crippen LogP contribution in [0.25, 0.3) is 21.5 Å². The molecule has 7 heteroatoms. The number of ether oxygens (including phenoxy) is 4. The van der Waals surface area contributed by atoms with E-state index in [-0.39, 0.29) is 11.5 Å². The first-order valence-corrected chi connectivity index (χ1v) is 10.8. The Morgan fingerprint density at radius 3 is 1.65 bits per heavy atom. The topological polar surface area (TPSA) is 91.3 Å². The Balaban J connectivity index is 1.19. The summed E-state index contributed by atoms with van der Waals surface area (Å²) in [4.78, 5) is 22.7. The van der Waals surface area contributed by atoms with E-state index in [1.165, 1.54) is 7.11 Å². The molecule has 1 N–H and O–H groups in total. The van der Waals surface area contributed by atoms with E-state index in [0.29, 0.717) is 37.7 Å². The molecule has 0 aliphatic carbocycles. The van der Waals surface area contributed by atoms with Gasteiger partial charge in [0.25, 0.3) is 0 Å². The summed E-state index contributed by atoms with van der Waals surface area (Å²) in [5, 5.41) is 12.7.